The second-order valence-corrected chi connectivity index (χ2v) is 5.23. The fraction of sp³-hybridized carbons (Fsp3) is 0.100. The zero-order chi connectivity index (χ0) is 14.0. The van der Waals surface area contributed by atoms with E-state index in [1.165, 1.54) is 12.3 Å². The van der Waals surface area contributed by atoms with Crippen LogP contribution in [0.2, 0.25) is 0 Å². The third-order valence-electron chi connectivity index (χ3n) is 2.00. The lowest BCUT2D eigenvalue weighted by Crippen LogP contribution is -2.05. The predicted octanol–water partition coefficient (Wildman–Crippen LogP) is 3.39. The molecule has 0 aromatic carbocycles. The second kappa shape index (κ2) is 5.33. The van der Waals surface area contributed by atoms with Gasteiger partial charge in [0.15, 0.2) is 0 Å². The number of aromatic nitrogens is 3. The highest BCUT2D eigenvalue weighted by Crippen LogP contribution is 2.33. The van der Waals surface area contributed by atoms with Crippen LogP contribution in [0.15, 0.2) is 39.1 Å². The van der Waals surface area contributed by atoms with Crippen LogP contribution in [0.5, 0.6) is 0 Å². The van der Waals surface area contributed by atoms with Gasteiger partial charge >= 0.3 is 6.18 Å². The first kappa shape index (κ1) is 14.1. The molecular formula is C10H6BrF3N4S. The largest absolute Gasteiger partial charge is 0.417 e. The summed E-state index contributed by atoms with van der Waals surface area (Å²) >= 11 is 4.32. The summed E-state index contributed by atoms with van der Waals surface area (Å²) in [5.41, 5.74) is 4.64. The lowest BCUT2D eigenvalue weighted by atomic mass is 10.3. The van der Waals surface area contributed by atoms with Gasteiger partial charge in [-0.2, -0.15) is 13.2 Å². The van der Waals surface area contributed by atoms with Gasteiger partial charge in [-0.25, -0.2) is 15.0 Å². The molecule has 0 radical (unpaired) electrons. The molecule has 0 aliphatic carbocycles. The van der Waals surface area contributed by atoms with Crippen molar-refractivity contribution in [2.45, 2.75) is 16.2 Å². The van der Waals surface area contributed by atoms with Crippen LogP contribution in [0.3, 0.4) is 0 Å². The first-order chi connectivity index (χ1) is 8.86. The molecular weight excluding hydrogens is 345 g/mol. The van der Waals surface area contributed by atoms with E-state index in [9.17, 15) is 13.2 Å². The molecule has 2 aromatic rings. The van der Waals surface area contributed by atoms with Gasteiger partial charge in [-0.15, -0.1) is 0 Å². The van der Waals surface area contributed by atoms with Crippen LogP contribution >= 0.6 is 27.7 Å². The molecule has 0 fully saturated rings. The number of nitrogen functional groups attached to an aromatic ring is 1. The Kier molecular flexibility index (Phi) is 3.95. The number of anilines is 1. The van der Waals surface area contributed by atoms with Crippen molar-refractivity contribution in [3.63, 3.8) is 0 Å². The molecule has 0 aliphatic rings. The molecule has 9 heteroatoms. The molecule has 0 atom stereocenters. The third-order valence-corrected chi connectivity index (χ3v) is 3.79. The number of halogens is 4. The van der Waals surface area contributed by atoms with Crippen LogP contribution in [0.25, 0.3) is 0 Å². The number of pyridine rings is 1. The highest BCUT2D eigenvalue weighted by molar-refractivity contribution is 9.10. The molecule has 2 N–H and O–H groups in total. The summed E-state index contributed by atoms with van der Waals surface area (Å²) in [4.78, 5) is 11.5. The van der Waals surface area contributed by atoms with Crippen molar-refractivity contribution in [1.82, 2.24) is 15.0 Å². The van der Waals surface area contributed by atoms with Crippen LogP contribution in [0, 0.1) is 0 Å². The molecule has 2 rings (SSSR count). The number of hydrogen-bond acceptors (Lipinski definition) is 5. The zero-order valence-electron chi connectivity index (χ0n) is 9.15. The van der Waals surface area contributed by atoms with Gasteiger partial charge in [-0.3, -0.25) is 0 Å². The molecule has 0 unspecified atom stereocenters. The smallest absolute Gasteiger partial charge is 0.368 e. The molecule has 0 aliphatic heterocycles. The van der Waals surface area contributed by atoms with Crippen LogP contribution < -0.4 is 5.73 Å². The highest BCUT2D eigenvalue weighted by Gasteiger charge is 2.30. The van der Waals surface area contributed by atoms with Gasteiger partial charge in [0.05, 0.1) is 10.0 Å². The Hall–Kier alpha value is -1.35. The number of nitrogens with two attached hydrogens (primary N) is 1. The van der Waals surface area contributed by atoms with E-state index in [1.54, 1.807) is 0 Å². The van der Waals surface area contributed by atoms with Crippen LogP contribution in [-0.4, -0.2) is 15.0 Å². The van der Waals surface area contributed by atoms with Gasteiger partial charge in [0.2, 0.25) is 5.95 Å². The summed E-state index contributed by atoms with van der Waals surface area (Å²) in [5.74, 6) is 0.0811. The van der Waals surface area contributed by atoms with E-state index in [-0.39, 0.29) is 5.95 Å². The molecule has 0 saturated carbocycles. The lowest BCUT2D eigenvalue weighted by molar-refractivity contribution is -0.137. The summed E-state index contributed by atoms with van der Waals surface area (Å²) < 4.78 is 37.7. The molecule has 4 nitrogen and oxygen atoms in total. The third kappa shape index (κ3) is 3.57. The van der Waals surface area contributed by atoms with Crippen LogP contribution in [0.1, 0.15) is 5.56 Å². The summed E-state index contributed by atoms with van der Waals surface area (Å²) in [5, 5.41) is 0.867. The van der Waals surface area contributed by atoms with Crippen molar-refractivity contribution >= 4 is 33.6 Å². The van der Waals surface area contributed by atoms with E-state index in [1.807, 2.05) is 0 Å². The van der Waals surface area contributed by atoms with E-state index in [0.717, 1.165) is 24.0 Å². The van der Waals surface area contributed by atoms with Gasteiger partial charge in [0, 0.05) is 12.4 Å². The van der Waals surface area contributed by atoms with Crippen molar-refractivity contribution in [2.75, 3.05) is 5.73 Å². The summed E-state index contributed by atoms with van der Waals surface area (Å²) in [6.45, 7) is 0. The average Bonchev–Trinajstić information content (AvgIpc) is 2.33. The molecule has 2 aromatic heterocycles. The topological polar surface area (TPSA) is 64.7 Å². The first-order valence-electron chi connectivity index (χ1n) is 4.85. The number of alkyl halides is 3. The molecule has 0 saturated heterocycles. The van der Waals surface area contributed by atoms with Crippen molar-refractivity contribution in [2.24, 2.45) is 0 Å². The Balaban J connectivity index is 2.22. The fourth-order valence-corrected chi connectivity index (χ4v) is 2.31. The standard InChI is InChI=1S/C10H6BrF3N4S/c11-6-4-17-9(15)18-8(6)19-7-2-1-5(3-16-7)10(12,13)14/h1-4H,(H2,15,17,18). The Morgan fingerprint density at radius 3 is 2.47 bits per heavy atom. The zero-order valence-corrected chi connectivity index (χ0v) is 11.6. The monoisotopic (exact) mass is 350 g/mol. The minimum absolute atomic E-state index is 0.0811. The van der Waals surface area contributed by atoms with Crippen LogP contribution in [0.4, 0.5) is 19.1 Å². The maximum Gasteiger partial charge on any atom is 0.417 e. The average molecular weight is 351 g/mol. The summed E-state index contributed by atoms with van der Waals surface area (Å²) in [6.07, 6.45) is -2.15. The molecule has 2 heterocycles. The molecule has 0 amide bonds. The van der Waals surface area contributed by atoms with E-state index < -0.39 is 11.7 Å². The van der Waals surface area contributed by atoms with Gasteiger partial charge in [0.1, 0.15) is 10.1 Å². The fourth-order valence-electron chi connectivity index (χ4n) is 1.14. The molecule has 0 bridgehead atoms. The molecule has 0 spiro atoms. The lowest BCUT2D eigenvalue weighted by Gasteiger charge is -2.07. The Labute approximate surface area is 118 Å². The van der Waals surface area contributed by atoms with Gasteiger partial charge in [0.25, 0.3) is 0 Å². The Bertz CT molecular complexity index is 588. The number of nitrogens with zero attached hydrogens (tertiary/aromatic N) is 3. The second-order valence-electron chi connectivity index (χ2n) is 3.37. The predicted molar refractivity (Wildman–Crippen MR) is 67.5 cm³/mol. The van der Waals surface area contributed by atoms with Crippen molar-refractivity contribution < 1.29 is 13.2 Å². The summed E-state index contributed by atoms with van der Waals surface area (Å²) in [7, 11) is 0. The van der Waals surface area contributed by atoms with E-state index in [0.29, 0.717) is 14.5 Å². The SMILES string of the molecule is Nc1ncc(Br)c(Sc2ccc(C(F)(F)F)cn2)n1. The van der Waals surface area contributed by atoms with Gasteiger partial charge in [-0.05, 0) is 39.8 Å². The Morgan fingerprint density at radius 2 is 1.89 bits per heavy atom. The van der Waals surface area contributed by atoms with E-state index >= 15 is 0 Å². The maximum absolute atomic E-state index is 12.4. The minimum atomic E-state index is -4.39. The molecule has 100 valence electrons. The normalized spacial score (nSPS) is 11.6. The minimum Gasteiger partial charge on any atom is -0.368 e. The molecule has 19 heavy (non-hydrogen) atoms. The van der Waals surface area contributed by atoms with Crippen LogP contribution in [-0.2, 0) is 6.18 Å². The van der Waals surface area contributed by atoms with Crippen molar-refractivity contribution in [1.29, 1.82) is 0 Å². The summed E-state index contributed by atoms with van der Waals surface area (Å²) in [6, 6.07) is 2.24. The Morgan fingerprint density at radius 1 is 1.16 bits per heavy atom. The van der Waals surface area contributed by atoms with E-state index in [2.05, 4.69) is 30.9 Å². The number of rotatable bonds is 2. The number of hydrogen-bond donors (Lipinski definition) is 1. The quantitative estimate of drug-likeness (QED) is 0.841. The van der Waals surface area contributed by atoms with Crippen molar-refractivity contribution in [3.05, 3.63) is 34.6 Å². The van der Waals surface area contributed by atoms with Gasteiger partial charge < -0.3 is 5.73 Å². The van der Waals surface area contributed by atoms with Gasteiger partial charge in [-0.1, -0.05) is 0 Å². The van der Waals surface area contributed by atoms with Crippen molar-refractivity contribution in [3.8, 4) is 0 Å². The first-order valence-corrected chi connectivity index (χ1v) is 6.46. The van der Waals surface area contributed by atoms with E-state index in [4.69, 9.17) is 5.73 Å². The highest BCUT2D eigenvalue weighted by atomic mass is 79.9. The maximum atomic E-state index is 12.4.